The fraction of sp³-hybridized carbons (Fsp3) is 0.692. The van der Waals surface area contributed by atoms with Gasteiger partial charge < -0.3 is 0 Å². The summed E-state index contributed by atoms with van der Waals surface area (Å²) in [4.78, 5) is 0. The number of hydrogen-bond donors (Lipinski definition) is 0. The smallest absolute Gasteiger partial charge is 0.206 e. The van der Waals surface area contributed by atoms with Crippen molar-refractivity contribution in [2.45, 2.75) is 96.1 Å². The third kappa shape index (κ3) is 6.79. The molecule has 2 saturated carbocycles. The van der Waals surface area contributed by atoms with Crippen molar-refractivity contribution in [1.82, 2.24) is 0 Å². The molecule has 1 aromatic carbocycles. The summed E-state index contributed by atoms with van der Waals surface area (Å²) in [7, 11) is 0. The minimum Gasteiger partial charge on any atom is -0.206 e. The zero-order chi connectivity index (χ0) is 22.4. The highest BCUT2D eigenvalue weighted by atomic mass is 19.4. The van der Waals surface area contributed by atoms with E-state index in [1.165, 1.54) is 51.4 Å². The summed E-state index contributed by atoms with van der Waals surface area (Å²) < 4.78 is 66.1. The summed E-state index contributed by atoms with van der Waals surface area (Å²) in [6, 6.07) is 1.76. The van der Waals surface area contributed by atoms with E-state index in [1.807, 2.05) is 0 Å². The lowest BCUT2D eigenvalue weighted by atomic mass is 9.76. The standard InChI is InChI=1S/C26H35F5/c1-2-3-4-5-18-6-8-19(9-7-18)10-11-20-12-14-21(15-13-20)22-16-23(27)25(24(28)17-22)26(29,30)31/h10-11,16-21H,2-9,12-15H2,1H3/b11-10+. The molecule has 3 rings (SSSR count). The molecule has 0 aliphatic heterocycles. The molecule has 0 amide bonds. The molecule has 2 aliphatic carbocycles. The van der Waals surface area contributed by atoms with E-state index in [9.17, 15) is 22.0 Å². The Morgan fingerprint density at radius 2 is 1.32 bits per heavy atom. The third-order valence-electron chi connectivity index (χ3n) is 7.35. The molecule has 2 aliphatic rings. The zero-order valence-corrected chi connectivity index (χ0v) is 18.5. The highest BCUT2D eigenvalue weighted by Gasteiger charge is 2.38. The lowest BCUT2D eigenvalue weighted by Gasteiger charge is -2.29. The normalized spacial score (nSPS) is 27.7. The topological polar surface area (TPSA) is 0 Å². The molecule has 0 radical (unpaired) electrons. The number of halogens is 5. The van der Waals surface area contributed by atoms with E-state index < -0.39 is 23.4 Å². The Kier molecular flexibility index (Phi) is 8.58. The summed E-state index contributed by atoms with van der Waals surface area (Å²) in [5.74, 6) is -1.06. The van der Waals surface area contributed by atoms with Crippen LogP contribution in [-0.4, -0.2) is 0 Å². The van der Waals surface area contributed by atoms with Gasteiger partial charge in [-0.05, 0) is 92.7 Å². The molecular weight excluding hydrogens is 407 g/mol. The second-order valence-corrected chi connectivity index (χ2v) is 9.63. The van der Waals surface area contributed by atoms with Crippen LogP contribution in [0.3, 0.4) is 0 Å². The Bertz CT molecular complexity index is 697. The molecule has 31 heavy (non-hydrogen) atoms. The fourth-order valence-electron chi connectivity index (χ4n) is 5.41. The molecule has 1 aromatic rings. The Labute approximate surface area is 183 Å². The van der Waals surface area contributed by atoms with Crippen LogP contribution in [0.25, 0.3) is 0 Å². The minimum absolute atomic E-state index is 0.0745. The number of rotatable bonds is 7. The van der Waals surface area contributed by atoms with Gasteiger partial charge in [0, 0.05) is 0 Å². The van der Waals surface area contributed by atoms with Crippen LogP contribution in [0.4, 0.5) is 22.0 Å². The molecule has 0 spiro atoms. The average molecular weight is 443 g/mol. The third-order valence-corrected chi connectivity index (χ3v) is 7.35. The van der Waals surface area contributed by atoms with Crippen LogP contribution in [0.1, 0.15) is 101 Å². The molecule has 0 nitrogen and oxygen atoms in total. The monoisotopic (exact) mass is 442 g/mol. The van der Waals surface area contributed by atoms with E-state index >= 15 is 0 Å². The predicted molar refractivity (Wildman–Crippen MR) is 115 cm³/mol. The molecular formula is C26H35F5. The SMILES string of the molecule is CCCCCC1CCC(/C=C/C2CCC(c3cc(F)c(C(F)(F)F)c(F)c3)CC2)CC1. The van der Waals surface area contributed by atoms with Crippen molar-refractivity contribution >= 4 is 0 Å². The highest BCUT2D eigenvalue weighted by molar-refractivity contribution is 5.31. The fourth-order valence-corrected chi connectivity index (χ4v) is 5.41. The molecule has 0 N–H and O–H groups in total. The quantitative estimate of drug-likeness (QED) is 0.224. The van der Waals surface area contributed by atoms with Crippen LogP contribution >= 0.6 is 0 Å². The molecule has 174 valence electrons. The molecule has 2 fully saturated rings. The van der Waals surface area contributed by atoms with Crippen molar-refractivity contribution in [1.29, 1.82) is 0 Å². The van der Waals surface area contributed by atoms with Crippen LogP contribution in [0.5, 0.6) is 0 Å². The maximum Gasteiger partial charge on any atom is 0.422 e. The van der Waals surface area contributed by atoms with Gasteiger partial charge in [0.25, 0.3) is 0 Å². The molecule has 5 heteroatoms. The number of hydrogen-bond acceptors (Lipinski definition) is 0. The summed E-state index contributed by atoms with van der Waals surface area (Å²) in [6.07, 6.45) is 13.6. The molecule has 0 atom stereocenters. The summed E-state index contributed by atoms with van der Waals surface area (Å²) in [5, 5.41) is 0. The van der Waals surface area contributed by atoms with Gasteiger partial charge in [0.1, 0.15) is 17.2 Å². The van der Waals surface area contributed by atoms with Gasteiger partial charge in [-0.1, -0.05) is 44.8 Å². The number of alkyl halides is 3. The highest BCUT2D eigenvalue weighted by Crippen LogP contribution is 2.40. The van der Waals surface area contributed by atoms with Crippen LogP contribution in [0.2, 0.25) is 0 Å². The van der Waals surface area contributed by atoms with Crippen molar-refractivity contribution in [3.05, 3.63) is 47.0 Å². The van der Waals surface area contributed by atoms with Gasteiger partial charge in [-0.3, -0.25) is 0 Å². The van der Waals surface area contributed by atoms with Gasteiger partial charge >= 0.3 is 6.18 Å². The van der Waals surface area contributed by atoms with Crippen LogP contribution in [-0.2, 0) is 6.18 Å². The first kappa shape index (κ1) is 24.3. The Morgan fingerprint density at radius 3 is 1.81 bits per heavy atom. The van der Waals surface area contributed by atoms with Gasteiger partial charge in [-0.2, -0.15) is 13.2 Å². The summed E-state index contributed by atoms with van der Waals surface area (Å²) in [6.45, 7) is 2.25. The summed E-state index contributed by atoms with van der Waals surface area (Å²) in [5.41, 5.74) is -1.43. The van der Waals surface area contributed by atoms with Crippen LogP contribution in [0.15, 0.2) is 24.3 Å². The van der Waals surface area contributed by atoms with Gasteiger partial charge in [0.05, 0.1) is 0 Å². The minimum atomic E-state index is -5.01. The van der Waals surface area contributed by atoms with Gasteiger partial charge in [-0.15, -0.1) is 0 Å². The molecule has 0 aromatic heterocycles. The van der Waals surface area contributed by atoms with Crippen molar-refractivity contribution in [3.63, 3.8) is 0 Å². The lowest BCUT2D eigenvalue weighted by molar-refractivity contribution is -0.142. The lowest BCUT2D eigenvalue weighted by Crippen LogP contribution is -2.16. The largest absolute Gasteiger partial charge is 0.422 e. The second-order valence-electron chi connectivity index (χ2n) is 9.63. The Hall–Kier alpha value is -1.39. The molecule has 0 saturated heterocycles. The van der Waals surface area contributed by atoms with Gasteiger partial charge in [-0.25, -0.2) is 8.78 Å². The zero-order valence-electron chi connectivity index (χ0n) is 18.5. The Morgan fingerprint density at radius 1 is 0.806 bits per heavy atom. The van der Waals surface area contributed by atoms with Crippen LogP contribution < -0.4 is 0 Å². The molecule has 0 heterocycles. The predicted octanol–water partition coefficient (Wildman–Crippen LogP) is 9.20. The van der Waals surface area contributed by atoms with E-state index in [0.29, 0.717) is 17.4 Å². The Balaban J connectivity index is 1.46. The first-order chi connectivity index (χ1) is 14.8. The van der Waals surface area contributed by atoms with E-state index in [1.54, 1.807) is 0 Å². The maximum absolute atomic E-state index is 13.9. The van der Waals surface area contributed by atoms with Crippen LogP contribution in [0, 0.1) is 29.4 Å². The maximum atomic E-state index is 13.9. The molecule has 0 bridgehead atoms. The number of benzene rings is 1. The van der Waals surface area contributed by atoms with E-state index in [0.717, 1.165) is 43.7 Å². The van der Waals surface area contributed by atoms with E-state index in [4.69, 9.17) is 0 Å². The van der Waals surface area contributed by atoms with Crippen molar-refractivity contribution < 1.29 is 22.0 Å². The van der Waals surface area contributed by atoms with Crippen molar-refractivity contribution in [3.8, 4) is 0 Å². The second kappa shape index (κ2) is 11.0. The summed E-state index contributed by atoms with van der Waals surface area (Å²) >= 11 is 0. The van der Waals surface area contributed by atoms with Gasteiger partial charge in [0.2, 0.25) is 0 Å². The molecule has 0 unspecified atom stereocenters. The number of unbranched alkanes of at least 4 members (excludes halogenated alkanes) is 2. The first-order valence-corrected chi connectivity index (χ1v) is 12.0. The van der Waals surface area contributed by atoms with Crippen molar-refractivity contribution in [2.24, 2.45) is 17.8 Å². The van der Waals surface area contributed by atoms with E-state index in [2.05, 4.69) is 19.1 Å². The number of allylic oxidation sites excluding steroid dienone is 2. The average Bonchev–Trinajstić information content (AvgIpc) is 2.72. The van der Waals surface area contributed by atoms with Crippen molar-refractivity contribution in [2.75, 3.05) is 0 Å². The van der Waals surface area contributed by atoms with E-state index in [-0.39, 0.29) is 5.92 Å². The first-order valence-electron chi connectivity index (χ1n) is 12.0. The van der Waals surface area contributed by atoms with Gasteiger partial charge in [0.15, 0.2) is 0 Å².